The van der Waals surface area contributed by atoms with E-state index in [1.165, 1.54) is 0 Å². The molecule has 0 heterocycles. The molecule has 0 bridgehead atoms. The number of carbonyl (C=O) groups is 1. The molecule has 0 saturated carbocycles. The molecule has 0 saturated heterocycles. The predicted octanol–water partition coefficient (Wildman–Crippen LogP) is 1.27. The third kappa shape index (κ3) is 4.32. The summed E-state index contributed by atoms with van der Waals surface area (Å²) in [5.41, 5.74) is 5.32. The first-order valence-electron chi connectivity index (χ1n) is 5.49. The Kier molecular flexibility index (Phi) is 5.29. The van der Waals surface area contributed by atoms with Crippen molar-refractivity contribution in [3.05, 3.63) is 24.3 Å². The molecule has 0 radical (unpaired) electrons. The number of hydrogen-bond acceptors (Lipinski definition) is 4. The molecule has 3 N–H and O–H groups in total. The van der Waals surface area contributed by atoms with E-state index >= 15 is 0 Å². The maximum Gasteiger partial charge on any atom is 0.344 e. The van der Waals surface area contributed by atoms with Crippen LogP contribution < -0.4 is 15.2 Å². The second kappa shape index (κ2) is 6.75. The Morgan fingerprint density at radius 3 is 2.41 bits per heavy atom. The van der Waals surface area contributed by atoms with Crippen molar-refractivity contribution in [2.75, 3.05) is 13.2 Å². The minimum atomic E-state index is -1.01. The summed E-state index contributed by atoms with van der Waals surface area (Å²) < 4.78 is 10.6. The minimum absolute atomic E-state index is 0.272. The van der Waals surface area contributed by atoms with Gasteiger partial charge in [0.05, 0.1) is 6.61 Å². The van der Waals surface area contributed by atoms with E-state index in [0.29, 0.717) is 12.4 Å². The van der Waals surface area contributed by atoms with E-state index < -0.39 is 12.1 Å². The summed E-state index contributed by atoms with van der Waals surface area (Å²) in [5, 5.41) is 8.90. The number of hydrogen-bond donors (Lipinski definition) is 2. The van der Waals surface area contributed by atoms with Crippen LogP contribution in [0.2, 0.25) is 0 Å². The van der Waals surface area contributed by atoms with E-state index in [9.17, 15) is 4.79 Å². The van der Waals surface area contributed by atoms with Crippen LogP contribution in [0.5, 0.6) is 11.5 Å². The SMILES string of the molecule is CCOc1ccc(OC(CCN)C(=O)O)cc1. The van der Waals surface area contributed by atoms with E-state index in [0.717, 1.165) is 5.75 Å². The molecule has 0 amide bonds. The summed E-state index contributed by atoms with van der Waals surface area (Å²) >= 11 is 0. The highest BCUT2D eigenvalue weighted by Crippen LogP contribution is 2.19. The molecule has 17 heavy (non-hydrogen) atoms. The van der Waals surface area contributed by atoms with Crippen molar-refractivity contribution in [1.29, 1.82) is 0 Å². The molecule has 94 valence electrons. The number of benzene rings is 1. The summed E-state index contributed by atoms with van der Waals surface area (Å²) in [6, 6.07) is 6.83. The first-order chi connectivity index (χ1) is 8.17. The fourth-order valence-electron chi connectivity index (χ4n) is 1.33. The average Bonchev–Trinajstić information content (AvgIpc) is 2.31. The van der Waals surface area contributed by atoms with Gasteiger partial charge >= 0.3 is 5.97 Å². The van der Waals surface area contributed by atoms with Crippen LogP contribution in [0.3, 0.4) is 0 Å². The number of carboxylic acid groups (broad SMARTS) is 1. The smallest absolute Gasteiger partial charge is 0.344 e. The Morgan fingerprint density at radius 1 is 1.35 bits per heavy atom. The summed E-state index contributed by atoms with van der Waals surface area (Å²) in [5.74, 6) is 0.212. The summed E-state index contributed by atoms with van der Waals surface area (Å²) in [7, 11) is 0. The van der Waals surface area contributed by atoms with Gasteiger partial charge in [-0.3, -0.25) is 0 Å². The normalized spacial score (nSPS) is 11.9. The standard InChI is InChI=1S/C12H17NO4/c1-2-16-9-3-5-10(6-4-9)17-11(7-8-13)12(14)15/h3-6,11H,2,7-8,13H2,1H3,(H,14,15). The number of carboxylic acids is 1. The molecule has 5 heteroatoms. The number of nitrogens with two attached hydrogens (primary N) is 1. The van der Waals surface area contributed by atoms with Gasteiger partial charge in [-0.2, -0.15) is 0 Å². The lowest BCUT2D eigenvalue weighted by atomic mass is 10.2. The van der Waals surface area contributed by atoms with Gasteiger partial charge in [0, 0.05) is 6.42 Å². The number of rotatable bonds is 7. The predicted molar refractivity (Wildman–Crippen MR) is 63.3 cm³/mol. The van der Waals surface area contributed by atoms with Crippen molar-refractivity contribution in [3.8, 4) is 11.5 Å². The zero-order chi connectivity index (χ0) is 12.7. The third-order valence-corrected chi connectivity index (χ3v) is 2.12. The molecule has 1 aromatic rings. The van der Waals surface area contributed by atoms with Crippen molar-refractivity contribution in [2.45, 2.75) is 19.4 Å². The van der Waals surface area contributed by atoms with E-state index in [1.807, 2.05) is 6.92 Å². The lowest BCUT2D eigenvalue weighted by Gasteiger charge is -2.14. The number of aliphatic carboxylic acids is 1. The summed E-state index contributed by atoms with van der Waals surface area (Å²) in [6.45, 7) is 2.76. The molecule has 1 atom stereocenters. The lowest BCUT2D eigenvalue weighted by molar-refractivity contribution is -0.145. The van der Waals surface area contributed by atoms with Gasteiger partial charge in [-0.15, -0.1) is 0 Å². The summed E-state index contributed by atoms with van der Waals surface area (Å²) in [4.78, 5) is 10.9. The fourth-order valence-corrected chi connectivity index (χ4v) is 1.33. The van der Waals surface area contributed by atoms with Crippen LogP contribution in [0.15, 0.2) is 24.3 Å². The van der Waals surface area contributed by atoms with Gasteiger partial charge in [-0.05, 0) is 37.7 Å². The monoisotopic (exact) mass is 239 g/mol. The summed E-state index contributed by atoms with van der Waals surface area (Å²) in [6.07, 6.45) is -0.624. The maximum atomic E-state index is 10.9. The lowest BCUT2D eigenvalue weighted by Crippen LogP contribution is -2.29. The highest BCUT2D eigenvalue weighted by molar-refractivity contribution is 5.72. The Morgan fingerprint density at radius 2 is 1.94 bits per heavy atom. The molecule has 0 aliphatic carbocycles. The fraction of sp³-hybridized carbons (Fsp3) is 0.417. The van der Waals surface area contributed by atoms with Gasteiger partial charge in [0.25, 0.3) is 0 Å². The van der Waals surface area contributed by atoms with Crippen molar-refractivity contribution >= 4 is 5.97 Å². The van der Waals surface area contributed by atoms with Crippen molar-refractivity contribution in [1.82, 2.24) is 0 Å². The third-order valence-electron chi connectivity index (χ3n) is 2.12. The Labute approximate surface area is 100 Å². The zero-order valence-electron chi connectivity index (χ0n) is 9.76. The number of ether oxygens (including phenoxy) is 2. The van der Waals surface area contributed by atoms with Gasteiger partial charge in [0.2, 0.25) is 0 Å². The molecular weight excluding hydrogens is 222 g/mol. The van der Waals surface area contributed by atoms with Gasteiger partial charge in [0.1, 0.15) is 11.5 Å². The van der Waals surface area contributed by atoms with Crippen molar-refractivity contribution in [3.63, 3.8) is 0 Å². The van der Waals surface area contributed by atoms with Gasteiger partial charge < -0.3 is 20.3 Å². The molecule has 0 aliphatic heterocycles. The van der Waals surface area contributed by atoms with Crippen molar-refractivity contribution < 1.29 is 19.4 Å². The van der Waals surface area contributed by atoms with E-state index in [1.54, 1.807) is 24.3 Å². The largest absolute Gasteiger partial charge is 0.494 e. The molecule has 0 spiro atoms. The Hall–Kier alpha value is -1.75. The van der Waals surface area contributed by atoms with Crippen LogP contribution in [0.1, 0.15) is 13.3 Å². The molecule has 0 fully saturated rings. The zero-order valence-corrected chi connectivity index (χ0v) is 9.76. The second-order valence-corrected chi connectivity index (χ2v) is 3.43. The molecule has 0 aliphatic rings. The van der Waals surface area contributed by atoms with E-state index in [-0.39, 0.29) is 13.0 Å². The van der Waals surface area contributed by atoms with Gasteiger partial charge in [-0.25, -0.2) is 4.79 Å². The van der Waals surface area contributed by atoms with Crippen LogP contribution in [0.25, 0.3) is 0 Å². The van der Waals surface area contributed by atoms with Crippen LogP contribution in [0, 0.1) is 0 Å². The van der Waals surface area contributed by atoms with Crippen LogP contribution in [-0.2, 0) is 4.79 Å². The van der Waals surface area contributed by atoms with E-state index in [4.69, 9.17) is 20.3 Å². The van der Waals surface area contributed by atoms with Gasteiger partial charge in [-0.1, -0.05) is 0 Å². The molecule has 5 nitrogen and oxygen atoms in total. The quantitative estimate of drug-likeness (QED) is 0.748. The van der Waals surface area contributed by atoms with Crippen LogP contribution >= 0.6 is 0 Å². The Bertz CT molecular complexity index is 350. The Balaban J connectivity index is 2.63. The first kappa shape index (κ1) is 13.3. The maximum absolute atomic E-state index is 10.9. The average molecular weight is 239 g/mol. The van der Waals surface area contributed by atoms with Crippen molar-refractivity contribution in [2.24, 2.45) is 5.73 Å². The topological polar surface area (TPSA) is 81.8 Å². The first-order valence-corrected chi connectivity index (χ1v) is 5.49. The highest BCUT2D eigenvalue weighted by atomic mass is 16.5. The molecular formula is C12H17NO4. The second-order valence-electron chi connectivity index (χ2n) is 3.43. The molecule has 1 rings (SSSR count). The van der Waals surface area contributed by atoms with Crippen LogP contribution in [-0.4, -0.2) is 30.3 Å². The molecule has 0 aromatic heterocycles. The highest BCUT2D eigenvalue weighted by Gasteiger charge is 2.18. The molecule has 1 unspecified atom stereocenters. The van der Waals surface area contributed by atoms with Crippen LogP contribution in [0.4, 0.5) is 0 Å². The minimum Gasteiger partial charge on any atom is -0.494 e. The van der Waals surface area contributed by atoms with E-state index in [2.05, 4.69) is 0 Å². The van der Waals surface area contributed by atoms with Gasteiger partial charge in [0.15, 0.2) is 6.10 Å². The molecule has 1 aromatic carbocycles.